The van der Waals surface area contributed by atoms with Crippen LogP contribution in [0.3, 0.4) is 0 Å². The van der Waals surface area contributed by atoms with Crippen LogP contribution in [0, 0.1) is 6.92 Å². The van der Waals surface area contributed by atoms with Gasteiger partial charge in [0.2, 0.25) is 0 Å². The maximum absolute atomic E-state index is 12.8. The van der Waals surface area contributed by atoms with Crippen molar-refractivity contribution in [3.05, 3.63) is 88.3 Å². The lowest BCUT2D eigenvalue weighted by Crippen LogP contribution is -2.25. The number of carbonyl (C=O) groups is 1. The molecule has 0 saturated heterocycles. The van der Waals surface area contributed by atoms with Crippen LogP contribution in [0.1, 0.15) is 28.1 Å². The molecule has 0 fully saturated rings. The number of hydrogen-bond donors (Lipinski definition) is 0. The number of aromatic nitrogens is 1. The van der Waals surface area contributed by atoms with Crippen LogP contribution in [0.25, 0.3) is 5.57 Å². The molecule has 148 valence electrons. The summed E-state index contributed by atoms with van der Waals surface area (Å²) in [5.74, 6) is 0.0723. The molecule has 3 heterocycles. The fourth-order valence-corrected chi connectivity index (χ4v) is 3.89. The van der Waals surface area contributed by atoms with Crippen molar-refractivity contribution in [2.45, 2.75) is 13.3 Å². The Labute approximate surface area is 173 Å². The molecule has 6 heteroatoms. The number of carbonyl (C=O) groups excluding carboxylic acids is 1. The number of methoxy groups -OCH3 is 1. The van der Waals surface area contributed by atoms with Crippen LogP contribution in [-0.4, -0.2) is 36.2 Å². The van der Waals surface area contributed by atoms with Gasteiger partial charge < -0.3 is 9.26 Å². The van der Waals surface area contributed by atoms with E-state index in [2.05, 4.69) is 39.4 Å². The maximum atomic E-state index is 12.8. The molecule has 5 rings (SSSR count). The highest BCUT2D eigenvalue weighted by molar-refractivity contribution is 6.62. The van der Waals surface area contributed by atoms with Gasteiger partial charge in [-0.15, -0.1) is 0 Å². The van der Waals surface area contributed by atoms with Crippen LogP contribution in [0.5, 0.6) is 0 Å². The third-order valence-electron chi connectivity index (χ3n) is 5.20. The summed E-state index contributed by atoms with van der Waals surface area (Å²) in [7, 11) is 1.62. The average Bonchev–Trinajstić information content (AvgIpc) is 3.35. The second-order valence-corrected chi connectivity index (χ2v) is 7.36. The van der Waals surface area contributed by atoms with Crippen LogP contribution in [0.15, 0.2) is 74.7 Å². The van der Waals surface area contributed by atoms with Crippen LogP contribution < -0.4 is 0 Å². The van der Waals surface area contributed by atoms with E-state index < -0.39 is 0 Å². The zero-order valence-electron chi connectivity index (χ0n) is 16.7. The molecule has 3 aromatic rings. The Morgan fingerprint density at radius 2 is 1.80 bits per heavy atom. The van der Waals surface area contributed by atoms with Gasteiger partial charge in [-0.25, -0.2) is 9.98 Å². The van der Waals surface area contributed by atoms with E-state index in [-0.39, 0.29) is 12.5 Å². The number of aliphatic imine (C=N–C) groups is 2. The largest absolute Gasteiger partial charge is 0.380 e. The van der Waals surface area contributed by atoms with E-state index in [1.54, 1.807) is 13.2 Å². The van der Waals surface area contributed by atoms with Crippen LogP contribution in [0.2, 0.25) is 0 Å². The highest BCUT2D eigenvalue weighted by atomic mass is 16.5. The van der Waals surface area contributed by atoms with Crippen molar-refractivity contribution in [1.29, 1.82) is 0 Å². The number of benzene rings is 2. The molecule has 2 aliphatic rings. The van der Waals surface area contributed by atoms with Gasteiger partial charge in [-0.05, 0) is 36.6 Å². The summed E-state index contributed by atoms with van der Waals surface area (Å²) < 4.78 is 10.9. The molecule has 2 aromatic carbocycles. The highest BCUT2D eigenvalue weighted by Crippen LogP contribution is 2.40. The van der Waals surface area contributed by atoms with Gasteiger partial charge >= 0.3 is 0 Å². The molecule has 1 aromatic heterocycles. The molecule has 2 aliphatic heterocycles. The van der Waals surface area contributed by atoms with Crippen molar-refractivity contribution in [2.75, 3.05) is 13.7 Å². The molecule has 0 aliphatic carbocycles. The third kappa shape index (κ3) is 3.11. The van der Waals surface area contributed by atoms with Crippen molar-refractivity contribution in [3.8, 4) is 0 Å². The number of hydrogen-bond acceptors (Lipinski definition) is 5. The normalized spacial score (nSPS) is 15.1. The molecular weight excluding hydrogens is 378 g/mol. The minimum absolute atomic E-state index is 0.280. The molecule has 0 spiro atoms. The van der Waals surface area contributed by atoms with Crippen LogP contribution in [-0.2, 0) is 16.0 Å². The Morgan fingerprint density at radius 1 is 0.967 bits per heavy atom. The monoisotopic (exact) mass is 397 g/mol. The van der Waals surface area contributed by atoms with Gasteiger partial charge in [0, 0.05) is 29.9 Å². The summed E-state index contributed by atoms with van der Waals surface area (Å²) in [5, 5.41) is 3.94. The van der Waals surface area contributed by atoms with Gasteiger partial charge in [0.25, 0.3) is 5.91 Å². The van der Waals surface area contributed by atoms with Crippen molar-refractivity contribution in [2.24, 2.45) is 9.98 Å². The molecule has 0 bridgehead atoms. The van der Waals surface area contributed by atoms with Gasteiger partial charge in [-0.1, -0.05) is 41.6 Å². The Balaban J connectivity index is 1.63. The second kappa shape index (κ2) is 7.31. The third-order valence-corrected chi connectivity index (χ3v) is 5.20. The van der Waals surface area contributed by atoms with Gasteiger partial charge in [-0.3, -0.25) is 4.79 Å². The zero-order valence-corrected chi connectivity index (χ0v) is 16.7. The lowest BCUT2D eigenvalue weighted by atomic mass is 9.89. The van der Waals surface area contributed by atoms with Crippen LogP contribution >= 0.6 is 0 Å². The first-order chi connectivity index (χ1) is 14.6. The van der Waals surface area contributed by atoms with E-state index in [0.29, 0.717) is 17.2 Å². The maximum Gasteiger partial charge on any atom is 0.296 e. The predicted molar refractivity (Wildman–Crippen MR) is 114 cm³/mol. The Morgan fingerprint density at radius 3 is 2.53 bits per heavy atom. The summed E-state index contributed by atoms with van der Waals surface area (Å²) in [6.45, 7) is 2.11. The molecule has 0 atom stereocenters. The molecule has 0 unspecified atom stereocenters. The molecule has 6 nitrogen and oxygen atoms in total. The van der Waals surface area contributed by atoms with E-state index >= 15 is 0 Å². The number of ether oxygens (including phenoxy) is 1. The molecule has 0 N–H and O–H groups in total. The smallest absolute Gasteiger partial charge is 0.296 e. The Hall–Kier alpha value is -3.64. The topological polar surface area (TPSA) is 77.0 Å². The van der Waals surface area contributed by atoms with Crippen molar-refractivity contribution < 1.29 is 14.1 Å². The number of aryl methyl sites for hydroxylation is 1. The lowest BCUT2D eigenvalue weighted by molar-refractivity contribution is -0.111. The quantitative estimate of drug-likeness (QED) is 0.650. The van der Waals surface area contributed by atoms with E-state index in [0.717, 1.165) is 40.1 Å². The van der Waals surface area contributed by atoms with Crippen molar-refractivity contribution in [1.82, 2.24) is 5.16 Å². The molecule has 30 heavy (non-hydrogen) atoms. The fourth-order valence-electron chi connectivity index (χ4n) is 3.89. The molecule has 0 saturated carbocycles. The van der Waals surface area contributed by atoms with Gasteiger partial charge in [0.15, 0.2) is 5.76 Å². The van der Waals surface area contributed by atoms with Crippen molar-refractivity contribution >= 4 is 28.6 Å². The van der Waals surface area contributed by atoms with E-state index in [1.807, 2.05) is 31.2 Å². The number of rotatable bonds is 5. The van der Waals surface area contributed by atoms with E-state index in [9.17, 15) is 4.79 Å². The first-order valence-corrected chi connectivity index (χ1v) is 9.69. The second-order valence-electron chi connectivity index (χ2n) is 7.36. The Bertz CT molecular complexity index is 1250. The van der Waals surface area contributed by atoms with Gasteiger partial charge in [-0.2, -0.15) is 0 Å². The summed E-state index contributed by atoms with van der Waals surface area (Å²) in [6.07, 6.45) is 0.798. The Kier molecular flexibility index (Phi) is 4.48. The van der Waals surface area contributed by atoms with E-state index in [4.69, 9.17) is 9.26 Å². The first kappa shape index (κ1) is 18.4. The predicted octanol–water partition coefficient (Wildman–Crippen LogP) is 4.09. The van der Waals surface area contributed by atoms with Gasteiger partial charge in [0.05, 0.1) is 18.0 Å². The minimum atomic E-state index is -0.380. The molecular formula is C24H19N3O3. The van der Waals surface area contributed by atoms with Gasteiger partial charge in [0.1, 0.15) is 11.4 Å². The first-order valence-electron chi connectivity index (χ1n) is 9.69. The molecule has 0 radical (unpaired) electrons. The number of dihydropyridines is 1. The zero-order chi connectivity index (χ0) is 20.7. The number of nitrogens with zero attached hydrogens (tertiary/aromatic N) is 3. The summed E-state index contributed by atoms with van der Waals surface area (Å²) in [5.41, 5.74) is 7.14. The van der Waals surface area contributed by atoms with Crippen LogP contribution in [0.4, 0.5) is 5.69 Å². The summed E-state index contributed by atoms with van der Waals surface area (Å²) in [6, 6.07) is 18.2. The highest BCUT2D eigenvalue weighted by Gasteiger charge is 2.36. The lowest BCUT2D eigenvalue weighted by Gasteiger charge is -2.17. The SMILES string of the molecule is COCC1=C2C(=Nc3ccc(Cc4ccccc4)cc32)C(=O)N=C1c1cc(C)no1. The summed E-state index contributed by atoms with van der Waals surface area (Å²) in [4.78, 5) is 21.6. The number of fused-ring (bicyclic) bond motifs is 3. The minimum Gasteiger partial charge on any atom is -0.380 e. The van der Waals surface area contributed by atoms with E-state index in [1.165, 1.54) is 5.56 Å². The van der Waals surface area contributed by atoms with Crippen molar-refractivity contribution in [3.63, 3.8) is 0 Å². The average molecular weight is 397 g/mol. The number of amides is 1. The summed E-state index contributed by atoms with van der Waals surface area (Å²) >= 11 is 0. The standard InChI is InChI=1S/C24H19N3O3/c1-14-10-20(30-27-14)22-18(13-29-2)21-17-12-16(11-15-6-4-3-5-7-15)8-9-19(17)25-23(21)24(28)26-22/h3-10,12H,11,13H2,1-2H3. The fraction of sp³-hybridized carbons (Fsp3) is 0.167. The molecule has 1 amide bonds.